The van der Waals surface area contributed by atoms with E-state index in [4.69, 9.17) is 0 Å². The fraction of sp³-hybridized carbons (Fsp3) is 0.571. The maximum absolute atomic E-state index is 13.3. The molecule has 5 nitrogen and oxygen atoms in total. The zero-order valence-electron chi connectivity index (χ0n) is 11.9. The van der Waals surface area contributed by atoms with E-state index in [0.717, 1.165) is 25.5 Å². The first kappa shape index (κ1) is 14.9. The van der Waals surface area contributed by atoms with E-state index in [2.05, 4.69) is 24.3 Å². The standard InChI is InChI=1S/C14H20FN3O2/c1-17(2)14(4-3-5-14)10-16-9-11-6-12(15)8-13(7-11)18(19)20/h6-8,16H,3-5,9-10H2,1-2H3. The van der Waals surface area contributed by atoms with Crippen LogP contribution in [0.5, 0.6) is 0 Å². The van der Waals surface area contributed by atoms with Crippen LogP contribution < -0.4 is 5.32 Å². The number of hydrogen-bond acceptors (Lipinski definition) is 4. The van der Waals surface area contributed by atoms with Gasteiger partial charge in [0.2, 0.25) is 0 Å². The second-order valence-electron chi connectivity index (χ2n) is 5.65. The molecule has 0 radical (unpaired) electrons. The molecule has 0 bridgehead atoms. The van der Waals surface area contributed by atoms with Gasteiger partial charge < -0.3 is 10.2 Å². The van der Waals surface area contributed by atoms with Crippen molar-refractivity contribution in [3.8, 4) is 0 Å². The van der Waals surface area contributed by atoms with E-state index in [1.807, 2.05) is 0 Å². The van der Waals surface area contributed by atoms with Gasteiger partial charge in [0.1, 0.15) is 5.82 Å². The second-order valence-corrected chi connectivity index (χ2v) is 5.65. The number of nitro groups is 1. The molecule has 0 aliphatic heterocycles. The van der Waals surface area contributed by atoms with Crippen molar-refractivity contribution < 1.29 is 9.31 Å². The highest BCUT2D eigenvalue weighted by atomic mass is 19.1. The summed E-state index contributed by atoms with van der Waals surface area (Å²) in [5.74, 6) is -0.568. The van der Waals surface area contributed by atoms with Gasteiger partial charge in [0.05, 0.1) is 11.0 Å². The van der Waals surface area contributed by atoms with Crippen LogP contribution in [0.1, 0.15) is 24.8 Å². The Labute approximate surface area is 117 Å². The first-order chi connectivity index (χ1) is 9.43. The molecule has 0 amide bonds. The predicted molar refractivity (Wildman–Crippen MR) is 75.0 cm³/mol. The third kappa shape index (κ3) is 3.13. The van der Waals surface area contributed by atoms with Crippen LogP contribution in [0.15, 0.2) is 18.2 Å². The van der Waals surface area contributed by atoms with Gasteiger partial charge in [-0.1, -0.05) is 0 Å². The van der Waals surface area contributed by atoms with Gasteiger partial charge >= 0.3 is 0 Å². The summed E-state index contributed by atoms with van der Waals surface area (Å²) in [5, 5.41) is 14.0. The molecule has 0 unspecified atom stereocenters. The van der Waals surface area contributed by atoms with Gasteiger partial charge in [-0.3, -0.25) is 10.1 Å². The Balaban J connectivity index is 1.96. The Morgan fingerprint density at radius 2 is 2.10 bits per heavy atom. The molecule has 1 aromatic carbocycles. The minimum atomic E-state index is -0.570. The van der Waals surface area contributed by atoms with E-state index >= 15 is 0 Å². The highest BCUT2D eigenvalue weighted by Crippen LogP contribution is 2.35. The smallest absolute Gasteiger partial charge is 0.272 e. The highest BCUT2D eigenvalue weighted by molar-refractivity contribution is 5.35. The van der Waals surface area contributed by atoms with Gasteiger partial charge in [-0.05, 0) is 45.0 Å². The number of non-ortho nitro benzene ring substituents is 1. The largest absolute Gasteiger partial charge is 0.311 e. The van der Waals surface area contributed by atoms with Gasteiger partial charge in [0.15, 0.2) is 0 Å². The summed E-state index contributed by atoms with van der Waals surface area (Å²) >= 11 is 0. The zero-order chi connectivity index (χ0) is 14.8. The summed E-state index contributed by atoms with van der Waals surface area (Å²) in [6.45, 7) is 1.25. The van der Waals surface area contributed by atoms with Crippen LogP contribution in [-0.4, -0.2) is 36.0 Å². The van der Waals surface area contributed by atoms with E-state index in [-0.39, 0.29) is 11.2 Å². The van der Waals surface area contributed by atoms with E-state index in [1.54, 1.807) is 0 Å². The van der Waals surface area contributed by atoms with Gasteiger partial charge in [0, 0.05) is 24.7 Å². The minimum Gasteiger partial charge on any atom is -0.311 e. The van der Waals surface area contributed by atoms with E-state index in [1.165, 1.54) is 18.6 Å². The van der Waals surface area contributed by atoms with Crippen LogP contribution in [0.3, 0.4) is 0 Å². The molecule has 6 heteroatoms. The Morgan fingerprint density at radius 3 is 2.60 bits per heavy atom. The molecule has 0 saturated heterocycles. The molecular weight excluding hydrogens is 261 g/mol. The molecule has 1 N–H and O–H groups in total. The Kier molecular flexibility index (Phi) is 4.35. The van der Waals surface area contributed by atoms with E-state index < -0.39 is 10.7 Å². The fourth-order valence-corrected chi connectivity index (χ4v) is 2.65. The molecule has 1 aliphatic carbocycles. The summed E-state index contributed by atoms with van der Waals surface area (Å²) in [5.41, 5.74) is 0.580. The fourth-order valence-electron chi connectivity index (χ4n) is 2.65. The van der Waals surface area contributed by atoms with Crippen molar-refractivity contribution in [3.05, 3.63) is 39.7 Å². The average Bonchev–Trinajstić information content (AvgIpc) is 2.31. The summed E-state index contributed by atoms with van der Waals surface area (Å²) in [6, 6.07) is 3.69. The van der Waals surface area contributed by atoms with E-state index in [0.29, 0.717) is 12.1 Å². The summed E-state index contributed by atoms with van der Waals surface area (Å²) in [7, 11) is 4.13. The minimum absolute atomic E-state index is 0.180. The van der Waals surface area contributed by atoms with Crippen LogP contribution in [0.2, 0.25) is 0 Å². The predicted octanol–water partition coefficient (Wildman–Crippen LogP) is 2.31. The third-order valence-electron chi connectivity index (χ3n) is 4.17. The van der Waals surface area contributed by atoms with Crippen molar-refractivity contribution in [3.63, 3.8) is 0 Å². The zero-order valence-corrected chi connectivity index (χ0v) is 11.9. The van der Waals surface area contributed by atoms with E-state index in [9.17, 15) is 14.5 Å². The van der Waals surface area contributed by atoms with Crippen LogP contribution in [-0.2, 0) is 6.54 Å². The summed E-state index contributed by atoms with van der Waals surface area (Å²) in [6.07, 6.45) is 3.53. The molecule has 0 atom stereocenters. The topological polar surface area (TPSA) is 58.4 Å². The quantitative estimate of drug-likeness (QED) is 0.642. The van der Waals surface area contributed by atoms with Crippen molar-refractivity contribution in [1.82, 2.24) is 10.2 Å². The average molecular weight is 281 g/mol. The van der Waals surface area contributed by atoms with Crippen molar-refractivity contribution in [2.45, 2.75) is 31.3 Å². The van der Waals surface area contributed by atoms with Crippen LogP contribution in [0.4, 0.5) is 10.1 Å². The number of nitrogens with one attached hydrogen (secondary N) is 1. The second kappa shape index (κ2) is 5.85. The van der Waals surface area contributed by atoms with Crippen molar-refractivity contribution in [2.75, 3.05) is 20.6 Å². The molecule has 0 spiro atoms. The first-order valence-corrected chi connectivity index (χ1v) is 6.75. The maximum atomic E-state index is 13.3. The molecule has 110 valence electrons. The molecular formula is C14H20FN3O2. The first-order valence-electron chi connectivity index (χ1n) is 6.75. The number of hydrogen-bond donors (Lipinski definition) is 1. The lowest BCUT2D eigenvalue weighted by Crippen LogP contribution is -2.56. The number of nitro benzene ring substituents is 1. The molecule has 1 saturated carbocycles. The Hall–Kier alpha value is -1.53. The number of halogens is 1. The number of likely N-dealkylation sites (N-methyl/N-ethyl adjacent to an activating group) is 1. The van der Waals surface area contributed by atoms with Crippen molar-refractivity contribution in [2.24, 2.45) is 0 Å². The third-order valence-corrected chi connectivity index (χ3v) is 4.17. The Bertz CT molecular complexity index is 501. The number of nitrogens with zero attached hydrogens (tertiary/aromatic N) is 2. The summed E-state index contributed by atoms with van der Waals surface area (Å²) < 4.78 is 13.3. The molecule has 2 rings (SSSR count). The SMILES string of the molecule is CN(C)C1(CNCc2cc(F)cc([N+](=O)[O-])c2)CCC1. The van der Waals surface area contributed by atoms with Gasteiger partial charge in [-0.25, -0.2) is 4.39 Å². The summed E-state index contributed by atoms with van der Waals surface area (Å²) in [4.78, 5) is 12.3. The van der Waals surface area contributed by atoms with Crippen LogP contribution in [0, 0.1) is 15.9 Å². The van der Waals surface area contributed by atoms with Crippen LogP contribution in [0.25, 0.3) is 0 Å². The van der Waals surface area contributed by atoms with Gasteiger partial charge in [0.25, 0.3) is 5.69 Å². The van der Waals surface area contributed by atoms with Gasteiger partial charge in [-0.15, -0.1) is 0 Å². The van der Waals surface area contributed by atoms with Crippen LogP contribution >= 0.6 is 0 Å². The van der Waals surface area contributed by atoms with Crippen molar-refractivity contribution in [1.29, 1.82) is 0 Å². The lowest BCUT2D eigenvalue weighted by atomic mass is 9.75. The molecule has 1 fully saturated rings. The molecule has 1 aromatic rings. The molecule has 1 aliphatic rings. The highest BCUT2D eigenvalue weighted by Gasteiger charge is 2.38. The molecule has 20 heavy (non-hydrogen) atoms. The lowest BCUT2D eigenvalue weighted by molar-refractivity contribution is -0.385. The number of rotatable bonds is 6. The normalized spacial score (nSPS) is 17.0. The lowest BCUT2D eigenvalue weighted by Gasteiger charge is -2.47. The van der Waals surface area contributed by atoms with Gasteiger partial charge in [-0.2, -0.15) is 0 Å². The molecule has 0 aromatic heterocycles. The monoisotopic (exact) mass is 281 g/mol. The maximum Gasteiger partial charge on any atom is 0.272 e. The Morgan fingerprint density at radius 1 is 1.40 bits per heavy atom. The molecule has 0 heterocycles. The number of benzene rings is 1. The van der Waals surface area contributed by atoms with Crippen molar-refractivity contribution >= 4 is 5.69 Å².